The molecule has 0 spiro atoms. The normalized spacial score (nSPS) is 17.2. The average Bonchev–Trinajstić information content (AvgIpc) is 3.34. The quantitative estimate of drug-likeness (QED) is 0.561. The number of aryl methyl sites for hydroxylation is 1. The van der Waals surface area contributed by atoms with Crippen LogP contribution < -0.4 is 0 Å². The molecular weight excluding hydrogens is 418 g/mol. The van der Waals surface area contributed by atoms with Gasteiger partial charge in [-0.2, -0.15) is 0 Å². The maximum atomic E-state index is 13.2. The zero-order valence-corrected chi connectivity index (χ0v) is 16.8. The van der Waals surface area contributed by atoms with Gasteiger partial charge in [0.1, 0.15) is 9.88 Å². The lowest BCUT2D eigenvalue weighted by Gasteiger charge is -2.24. The minimum atomic E-state index is 0.0937. The van der Waals surface area contributed by atoms with Crippen LogP contribution in [0.2, 0.25) is 0 Å². The van der Waals surface area contributed by atoms with Crippen molar-refractivity contribution in [2.24, 2.45) is 0 Å². The van der Waals surface area contributed by atoms with Crippen LogP contribution in [0.5, 0.6) is 0 Å². The maximum absolute atomic E-state index is 13.2. The van der Waals surface area contributed by atoms with Gasteiger partial charge < -0.3 is 4.90 Å². The molecule has 0 unspecified atom stereocenters. The molecule has 1 aliphatic rings. The molecule has 0 saturated carbocycles. The van der Waals surface area contributed by atoms with Crippen LogP contribution in [-0.2, 0) is 0 Å². The third-order valence-electron chi connectivity index (χ3n) is 4.37. The zero-order chi connectivity index (χ0) is 17.4. The maximum Gasteiger partial charge on any atom is 0.266 e. The highest BCUT2D eigenvalue weighted by atomic mass is 79.9. The van der Waals surface area contributed by atoms with Crippen LogP contribution in [0.1, 0.15) is 39.8 Å². The molecule has 3 aromatic rings. The zero-order valence-electron chi connectivity index (χ0n) is 13.6. The van der Waals surface area contributed by atoms with Gasteiger partial charge in [0.25, 0.3) is 5.91 Å². The van der Waals surface area contributed by atoms with Crippen LogP contribution in [0.15, 0.2) is 40.4 Å². The van der Waals surface area contributed by atoms with E-state index < -0.39 is 0 Å². The van der Waals surface area contributed by atoms with E-state index in [1.807, 2.05) is 35.4 Å². The van der Waals surface area contributed by atoms with E-state index in [9.17, 15) is 4.79 Å². The van der Waals surface area contributed by atoms with E-state index in [1.54, 1.807) is 23.7 Å². The summed E-state index contributed by atoms with van der Waals surface area (Å²) in [5.41, 5.74) is 1.97. The monoisotopic (exact) mass is 433 g/mol. The molecule has 25 heavy (non-hydrogen) atoms. The molecule has 128 valence electrons. The largest absolute Gasteiger partial charge is 0.331 e. The Hall–Kier alpha value is -1.57. The highest BCUT2D eigenvalue weighted by Gasteiger charge is 2.32. The third-order valence-corrected chi connectivity index (χ3v) is 7.38. The number of rotatable bonds is 3. The van der Waals surface area contributed by atoms with Crippen molar-refractivity contribution >= 4 is 44.5 Å². The molecule has 3 aromatic heterocycles. The summed E-state index contributed by atoms with van der Waals surface area (Å²) in [5, 5.41) is 2.95. The smallest absolute Gasteiger partial charge is 0.266 e. The van der Waals surface area contributed by atoms with Crippen molar-refractivity contribution in [1.29, 1.82) is 0 Å². The van der Waals surface area contributed by atoms with Crippen molar-refractivity contribution < 1.29 is 4.79 Å². The first kappa shape index (κ1) is 16.9. The molecule has 0 bridgehead atoms. The summed E-state index contributed by atoms with van der Waals surface area (Å²) >= 11 is 6.61. The van der Waals surface area contributed by atoms with Gasteiger partial charge in [-0.1, -0.05) is 0 Å². The van der Waals surface area contributed by atoms with E-state index in [0.29, 0.717) is 0 Å². The van der Waals surface area contributed by atoms with Gasteiger partial charge in [-0.3, -0.25) is 9.78 Å². The molecule has 1 atom stereocenters. The van der Waals surface area contributed by atoms with Crippen molar-refractivity contribution in [1.82, 2.24) is 14.9 Å². The predicted molar refractivity (Wildman–Crippen MR) is 105 cm³/mol. The van der Waals surface area contributed by atoms with Gasteiger partial charge in [-0.05, 0) is 59.5 Å². The van der Waals surface area contributed by atoms with E-state index in [0.717, 1.165) is 49.9 Å². The van der Waals surface area contributed by atoms with Crippen LogP contribution in [0.3, 0.4) is 0 Å². The first-order valence-electron chi connectivity index (χ1n) is 8.06. The van der Waals surface area contributed by atoms with E-state index >= 15 is 0 Å². The van der Waals surface area contributed by atoms with Gasteiger partial charge in [0.2, 0.25) is 0 Å². The lowest BCUT2D eigenvalue weighted by Crippen LogP contribution is -2.30. The van der Waals surface area contributed by atoms with Gasteiger partial charge in [0, 0.05) is 28.8 Å². The predicted octanol–water partition coefficient (Wildman–Crippen LogP) is 5.31. The average molecular weight is 434 g/mol. The van der Waals surface area contributed by atoms with Crippen molar-refractivity contribution in [3.05, 3.63) is 56.6 Å². The van der Waals surface area contributed by atoms with Gasteiger partial charge >= 0.3 is 0 Å². The fourth-order valence-electron chi connectivity index (χ4n) is 3.20. The molecular formula is C18H16BrN3OS2. The van der Waals surface area contributed by atoms with Crippen molar-refractivity contribution in [3.63, 3.8) is 0 Å². The Balaban J connectivity index is 1.63. The molecule has 4 rings (SSSR count). The molecule has 1 fully saturated rings. The van der Waals surface area contributed by atoms with Gasteiger partial charge in [-0.15, -0.1) is 22.7 Å². The molecule has 1 amide bonds. The summed E-state index contributed by atoms with van der Waals surface area (Å²) in [6, 6.07) is 6.19. The van der Waals surface area contributed by atoms with Crippen LogP contribution in [0.25, 0.3) is 9.88 Å². The minimum Gasteiger partial charge on any atom is -0.331 e. The number of thiophene rings is 1. The van der Waals surface area contributed by atoms with Crippen LogP contribution >= 0.6 is 38.6 Å². The fraction of sp³-hybridized carbons (Fsp3) is 0.278. The molecule has 0 aliphatic carbocycles. The fourth-order valence-corrected chi connectivity index (χ4v) is 5.71. The molecule has 0 N–H and O–H groups in total. The van der Waals surface area contributed by atoms with E-state index in [1.165, 1.54) is 11.3 Å². The number of likely N-dealkylation sites (tertiary alicyclic amines) is 1. The molecule has 1 saturated heterocycles. The van der Waals surface area contributed by atoms with Gasteiger partial charge in [0.05, 0.1) is 16.6 Å². The Bertz CT molecular complexity index is 906. The standard InChI is InChI=1S/C18H16BrN3OS2/c1-11-16(25-17(21-11)15-9-13(19)10-24-15)18(23)22-8-2-3-14(22)12-4-6-20-7-5-12/h4-7,9-10,14H,2-3,8H2,1H3/t14-/m0/s1. The Kier molecular flexibility index (Phi) is 4.71. The van der Waals surface area contributed by atoms with E-state index in [-0.39, 0.29) is 11.9 Å². The second-order valence-corrected chi connectivity index (χ2v) is 8.83. The summed E-state index contributed by atoms with van der Waals surface area (Å²) in [5.74, 6) is 0.0937. The Morgan fingerprint density at radius 2 is 2.16 bits per heavy atom. The summed E-state index contributed by atoms with van der Waals surface area (Å²) in [6.07, 6.45) is 5.61. The van der Waals surface area contributed by atoms with Gasteiger partial charge in [-0.25, -0.2) is 4.98 Å². The number of carbonyl (C=O) groups is 1. The number of pyridine rings is 1. The van der Waals surface area contributed by atoms with Gasteiger partial charge in [0.15, 0.2) is 0 Å². The number of amides is 1. The van der Waals surface area contributed by atoms with Crippen LogP contribution in [-0.4, -0.2) is 27.3 Å². The second kappa shape index (κ2) is 6.97. The Morgan fingerprint density at radius 1 is 1.36 bits per heavy atom. The van der Waals surface area contributed by atoms with Crippen molar-refractivity contribution in [3.8, 4) is 9.88 Å². The van der Waals surface area contributed by atoms with Crippen molar-refractivity contribution in [2.75, 3.05) is 6.54 Å². The molecule has 0 aromatic carbocycles. The number of carbonyl (C=O) groups excluding carboxylic acids is 1. The molecule has 4 heterocycles. The summed E-state index contributed by atoms with van der Waals surface area (Å²) in [7, 11) is 0. The number of hydrogen-bond acceptors (Lipinski definition) is 5. The molecule has 1 aliphatic heterocycles. The SMILES string of the molecule is Cc1nc(-c2cc(Br)cs2)sc1C(=O)N1CCC[C@H]1c1ccncc1. The first-order chi connectivity index (χ1) is 12.1. The third kappa shape index (κ3) is 3.28. The number of halogens is 1. The first-order valence-corrected chi connectivity index (χ1v) is 10.5. The summed E-state index contributed by atoms with van der Waals surface area (Å²) in [6.45, 7) is 2.72. The molecule has 4 nitrogen and oxygen atoms in total. The Morgan fingerprint density at radius 3 is 2.88 bits per heavy atom. The Labute approximate surface area is 162 Å². The summed E-state index contributed by atoms with van der Waals surface area (Å²) < 4.78 is 1.05. The summed E-state index contributed by atoms with van der Waals surface area (Å²) in [4.78, 5) is 25.7. The number of aromatic nitrogens is 2. The van der Waals surface area contributed by atoms with E-state index in [4.69, 9.17) is 0 Å². The topological polar surface area (TPSA) is 46.1 Å². The highest BCUT2D eigenvalue weighted by molar-refractivity contribution is 9.10. The molecule has 7 heteroatoms. The number of thiazole rings is 1. The van der Waals surface area contributed by atoms with Crippen LogP contribution in [0.4, 0.5) is 0 Å². The van der Waals surface area contributed by atoms with Crippen LogP contribution in [0, 0.1) is 6.92 Å². The lowest BCUT2D eigenvalue weighted by atomic mass is 10.1. The number of hydrogen-bond donors (Lipinski definition) is 0. The molecule has 0 radical (unpaired) electrons. The minimum absolute atomic E-state index is 0.0937. The highest BCUT2D eigenvalue weighted by Crippen LogP contribution is 2.37. The van der Waals surface area contributed by atoms with E-state index in [2.05, 4.69) is 25.9 Å². The number of nitrogens with zero attached hydrogens (tertiary/aromatic N) is 3. The second-order valence-electron chi connectivity index (χ2n) is 6.00. The van der Waals surface area contributed by atoms with Crippen molar-refractivity contribution in [2.45, 2.75) is 25.8 Å². The lowest BCUT2D eigenvalue weighted by molar-refractivity contribution is 0.0739.